The summed E-state index contributed by atoms with van der Waals surface area (Å²) in [6.07, 6.45) is 3.47. The number of piperidine rings is 1. The molecule has 3 rings (SSSR count). The van der Waals surface area contributed by atoms with Crippen LogP contribution in [0.3, 0.4) is 0 Å². The van der Waals surface area contributed by atoms with Crippen molar-refractivity contribution in [1.29, 1.82) is 0 Å². The summed E-state index contributed by atoms with van der Waals surface area (Å²) in [6, 6.07) is 3.60. The number of ether oxygens (including phenoxy) is 4. The van der Waals surface area contributed by atoms with Gasteiger partial charge in [0, 0.05) is 18.7 Å². The molecule has 0 N–H and O–H groups in total. The Balaban J connectivity index is 1.73. The van der Waals surface area contributed by atoms with E-state index in [9.17, 15) is 4.79 Å². The molecule has 158 valence electrons. The molecule has 29 heavy (non-hydrogen) atoms. The zero-order chi connectivity index (χ0) is 20.8. The number of hydrogen-bond donors (Lipinski definition) is 0. The number of aromatic nitrogens is 1. The summed E-state index contributed by atoms with van der Waals surface area (Å²) in [5.74, 6) is 1.87. The van der Waals surface area contributed by atoms with Gasteiger partial charge in [-0.05, 0) is 38.4 Å². The predicted octanol–water partition coefficient (Wildman–Crippen LogP) is 3.14. The molecule has 1 aliphatic heterocycles. The lowest BCUT2D eigenvalue weighted by Gasteiger charge is -2.30. The molecule has 1 aromatic heterocycles. The largest absolute Gasteiger partial charge is 0.493 e. The number of benzene rings is 1. The van der Waals surface area contributed by atoms with Crippen LogP contribution in [0.25, 0.3) is 11.5 Å². The summed E-state index contributed by atoms with van der Waals surface area (Å²) in [7, 11) is 4.70. The molecule has 0 aliphatic carbocycles. The number of hydrogen-bond acceptors (Lipinski definition) is 8. The van der Waals surface area contributed by atoms with E-state index in [4.69, 9.17) is 23.4 Å². The molecule has 1 aromatic carbocycles. The third kappa shape index (κ3) is 4.82. The molecule has 0 spiro atoms. The molecule has 1 unspecified atom stereocenters. The minimum atomic E-state index is -0.115. The van der Waals surface area contributed by atoms with E-state index in [1.165, 1.54) is 0 Å². The first-order valence-corrected chi connectivity index (χ1v) is 9.73. The van der Waals surface area contributed by atoms with E-state index in [1.807, 2.05) is 6.92 Å². The Morgan fingerprint density at radius 1 is 1.21 bits per heavy atom. The number of carbonyl (C=O) groups excluding carboxylic acids is 1. The number of likely N-dealkylation sites (tertiary alicyclic amines) is 1. The first kappa shape index (κ1) is 21.0. The van der Waals surface area contributed by atoms with Crippen molar-refractivity contribution in [2.45, 2.75) is 26.3 Å². The Morgan fingerprint density at radius 3 is 2.55 bits per heavy atom. The van der Waals surface area contributed by atoms with Crippen molar-refractivity contribution < 1.29 is 28.2 Å². The topological polar surface area (TPSA) is 83.3 Å². The Hall–Kier alpha value is -2.74. The summed E-state index contributed by atoms with van der Waals surface area (Å²) >= 11 is 0. The Bertz CT molecular complexity index is 809. The van der Waals surface area contributed by atoms with Gasteiger partial charge in [-0.1, -0.05) is 0 Å². The van der Waals surface area contributed by atoms with Crippen molar-refractivity contribution in [3.05, 3.63) is 24.1 Å². The molecule has 0 radical (unpaired) electrons. The lowest BCUT2D eigenvalue weighted by Crippen LogP contribution is -2.39. The van der Waals surface area contributed by atoms with E-state index in [-0.39, 0.29) is 11.9 Å². The van der Waals surface area contributed by atoms with Crippen molar-refractivity contribution in [3.8, 4) is 28.7 Å². The van der Waals surface area contributed by atoms with Crippen LogP contribution in [0.1, 0.15) is 25.5 Å². The lowest BCUT2D eigenvalue weighted by atomic mass is 9.98. The van der Waals surface area contributed by atoms with E-state index in [0.717, 1.165) is 30.6 Å². The molecule has 1 aliphatic rings. The highest BCUT2D eigenvalue weighted by atomic mass is 16.5. The van der Waals surface area contributed by atoms with Gasteiger partial charge in [0.1, 0.15) is 6.26 Å². The Labute approximate surface area is 170 Å². The van der Waals surface area contributed by atoms with E-state index in [1.54, 1.807) is 39.7 Å². The average molecular weight is 404 g/mol. The summed E-state index contributed by atoms with van der Waals surface area (Å²) in [5, 5.41) is 0. The predicted molar refractivity (Wildman–Crippen MR) is 106 cm³/mol. The van der Waals surface area contributed by atoms with Crippen molar-refractivity contribution in [2.24, 2.45) is 5.92 Å². The molecule has 8 nitrogen and oxygen atoms in total. The Morgan fingerprint density at radius 2 is 1.93 bits per heavy atom. The molecule has 8 heteroatoms. The number of oxazole rings is 1. The molecule has 0 saturated carbocycles. The Kier molecular flexibility index (Phi) is 6.98. The van der Waals surface area contributed by atoms with E-state index in [0.29, 0.717) is 42.8 Å². The number of carbonyl (C=O) groups is 1. The van der Waals surface area contributed by atoms with E-state index in [2.05, 4.69) is 9.88 Å². The fourth-order valence-corrected chi connectivity index (χ4v) is 3.60. The molecule has 1 saturated heterocycles. The van der Waals surface area contributed by atoms with Crippen molar-refractivity contribution >= 4 is 5.97 Å². The molecule has 1 atom stereocenters. The fourth-order valence-electron chi connectivity index (χ4n) is 3.60. The smallest absolute Gasteiger partial charge is 0.310 e. The van der Waals surface area contributed by atoms with Crippen LogP contribution in [0.15, 0.2) is 22.8 Å². The van der Waals surface area contributed by atoms with Gasteiger partial charge in [0.15, 0.2) is 11.5 Å². The standard InChI is InChI=1S/C21H28N2O6/c1-5-28-21(24)14-7-6-8-23(11-14)12-16-13-29-20(22-16)15-9-17(25-2)19(27-4)18(10-15)26-3/h9-10,13-14H,5-8,11-12H2,1-4H3. The number of esters is 1. The van der Waals surface area contributed by atoms with Crippen LogP contribution in [0.2, 0.25) is 0 Å². The number of methoxy groups -OCH3 is 3. The third-order valence-electron chi connectivity index (χ3n) is 4.97. The highest BCUT2D eigenvalue weighted by Crippen LogP contribution is 2.41. The SMILES string of the molecule is CCOC(=O)C1CCCN(Cc2coc(-c3cc(OC)c(OC)c(OC)c3)n2)C1. The van der Waals surface area contributed by atoms with Gasteiger partial charge in [0.25, 0.3) is 0 Å². The number of rotatable bonds is 8. The van der Waals surface area contributed by atoms with Crippen molar-refractivity contribution in [3.63, 3.8) is 0 Å². The van der Waals surface area contributed by atoms with Crippen LogP contribution in [-0.2, 0) is 16.1 Å². The van der Waals surface area contributed by atoms with Gasteiger partial charge in [-0.3, -0.25) is 9.69 Å². The van der Waals surface area contributed by atoms with Crippen LogP contribution < -0.4 is 14.2 Å². The lowest BCUT2D eigenvalue weighted by molar-refractivity contribution is -0.150. The van der Waals surface area contributed by atoms with E-state index >= 15 is 0 Å². The zero-order valence-corrected chi connectivity index (χ0v) is 17.4. The molecule has 2 heterocycles. The normalized spacial score (nSPS) is 17.0. The van der Waals surface area contributed by atoms with Gasteiger partial charge in [-0.25, -0.2) is 4.98 Å². The summed E-state index contributed by atoms with van der Waals surface area (Å²) in [5.41, 5.74) is 1.53. The highest BCUT2D eigenvalue weighted by molar-refractivity contribution is 5.72. The fraction of sp³-hybridized carbons (Fsp3) is 0.524. The van der Waals surface area contributed by atoms with Crippen LogP contribution in [0.5, 0.6) is 17.2 Å². The van der Waals surface area contributed by atoms with Gasteiger partial charge >= 0.3 is 5.97 Å². The first-order valence-electron chi connectivity index (χ1n) is 9.73. The molecule has 0 bridgehead atoms. The van der Waals surface area contributed by atoms with E-state index < -0.39 is 0 Å². The van der Waals surface area contributed by atoms with Crippen LogP contribution >= 0.6 is 0 Å². The molecular weight excluding hydrogens is 376 g/mol. The zero-order valence-electron chi connectivity index (χ0n) is 17.4. The minimum Gasteiger partial charge on any atom is -0.493 e. The van der Waals surface area contributed by atoms with Crippen molar-refractivity contribution in [1.82, 2.24) is 9.88 Å². The van der Waals surface area contributed by atoms with Gasteiger partial charge in [-0.15, -0.1) is 0 Å². The molecule has 0 amide bonds. The highest BCUT2D eigenvalue weighted by Gasteiger charge is 2.27. The summed E-state index contributed by atoms with van der Waals surface area (Å²) in [4.78, 5) is 18.9. The van der Waals surface area contributed by atoms with Crippen molar-refractivity contribution in [2.75, 3.05) is 41.0 Å². The second-order valence-corrected chi connectivity index (χ2v) is 6.88. The molecule has 2 aromatic rings. The second-order valence-electron chi connectivity index (χ2n) is 6.88. The maximum atomic E-state index is 12.0. The van der Waals surface area contributed by atoms with Crippen LogP contribution in [0.4, 0.5) is 0 Å². The quantitative estimate of drug-likeness (QED) is 0.621. The van der Waals surface area contributed by atoms with Gasteiger partial charge < -0.3 is 23.4 Å². The number of nitrogens with zero attached hydrogens (tertiary/aromatic N) is 2. The van der Waals surface area contributed by atoms with Gasteiger partial charge in [0.2, 0.25) is 11.6 Å². The maximum absolute atomic E-state index is 12.0. The minimum absolute atomic E-state index is 0.0785. The molecule has 1 fully saturated rings. The van der Waals surface area contributed by atoms with Gasteiger partial charge in [0.05, 0.1) is 39.5 Å². The first-order chi connectivity index (χ1) is 14.1. The third-order valence-corrected chi connectivity index (χ3v) is 4.97. The second kappa shape index (κ2) is 9.65. The summed E-state index contributed by atoms with van der Waals surface area (Å²) < 4.78 is 27.0. The average Bonchev–Trinajstić information content (AvgIpc) is 3.21. The molecular formula is C21H28N2O6. The van der Waals surface area contributed by atoms with Crippen LogP contribution in [-0.4, -0.2) is 56.9 Å². The van der Waals surface area contributed by atoms with Crippen LogP contribution in [0, 0.1) is 5.92 Å². The van der Waals surface area contributed by atoms with Gasteiger partial charge in [-0.2, -0.15) is 0 Å². The summed E-state index contributed by atoms with van der Waals surface area (Å²) in [6.45, 7) is 4.45. The monoisotopic (exact) mass is 404 g/mol. The maximum Gasteiger partial charge on any atom is 0.310 e.